The van der Waals surface area contributed by atoms with Crippen molar-refractivity contribution in [3.05, 3.63) is 197 Å². The van der Waals surface area contributed by atoms with Gasteiger partial charge in [-0.25, -0.2) is 0 Å². The summed E-state index contributed by atoms with van der Waals surface area (Å²) in [5.41, 5.74) is 16.9. The van der Waals surface area contributed by atoms with Gasteiger partial charge in [-0.15, -0.1) is 0 Å². The van der Waals surface area contributed by atoms with Crippen molar-refractivity contribution in [1.29, 1.82) is 0 Å². The Labute approximate surface area is 329 Å². The quantitative estimate of drug-likeness (QED) is 0.119. The van der Waals surface area contributed by atoms with E-state index in [0.29, 0.717) is 0 Å². The number of fused-ring (bicyclic) bond motifs is 5. The van der Waals surface area contributed by atoms with Gasteiger partial charge in [0.1, 0.15) is 0 Å². The molecule has 0 bridgehead atoms. The van der Waals surface area contributed by atoms with Crippen molar-refractivity contribution < 1.29 is 0 Å². The molecule has 0 unspecified atom stereocenters. The van der Waals surface area contributed by atoms with Gasteiger partial charge in [-0.2, -0.15) is 0 Å². The van der Waals surface area contributed by atoms with E-state index >= 15 is 0 Å². The van der Waals surface area contributed by atoms with Crippen LogP contribution in [-0.2, 0) is 11.8 Å². The van der Waals surface area contributed by atoms with Crippen LogP contribution in [0.15, 0.2) is 179 Å². The number of hydrogen-bond acceptors (Lipinski definition) is 3. The second kappa shape index (κ2) is 14.1. The average molecular weight is 729 g/mol. The summed E-state index contributed by atoms with van der Waals surface area (Å²) < 4.78 is 0. The Morgan fingerprint density at radius 2 is 1.25 bits per heavy atom. The minimum atomic E-state index is 0.0830. The minimum Gasteiger partial charge on any atom is -0.341 e. The van der Waals surface area contributed by atoms with Gasteiger partial charge in [0.15, 0.2) is 0 Å². The molecular weight excluding hydrogens is 685 g/mol. The third kappa shape index (κ3) is 6.08. The van der Waals surface area contributed by atoms with Crippen molar-refractivity contribution in [2.75, 3.05) is 16.3 Å². The van der Waals surface area contributed by atoms with E-state index in [1.165, 1.54) is 115 Å². The van der Waals surface area contributed by atoms with Gasteiger partial charge in [0, 0.05) is 38.8 Å². The predicted molar refractivity (Wildman–Crippen MR) is 235 cm³/mol. The summed E-state index contributed by atoms with van der Waals surface area (Å²) in [4.78, 5) is 7.43. The second-order valence-corrected chi connectivity index (χ2v) is 16.4. The summed E-state index contributed by atoms with van der Waals surface area (Å²) in [6.45, 7) is 5.33. The zero-order valence-electron chi connectivity index (χ0n) is 31.1. The number of allylic oxidation sites excluding steroid dienone is 3. The molecule has 55 heavy (non-hydrogen) atoms. The van der Waals surface area contributed by atoms with Crippen molar-refractivity contribution in [2.24, 2.45) is 0 Å². The van der Waals surface area contributed by atoms with E-state index in [2.05, 4.69) is 186 Å². The lowest BCUT2D eigenvalue weighted by atomic mass is 9.75. The van der Waals surface area contributed by atoms with Gasteiger partial charge in [0.05, 0.1) is 11.4 Å². The molecule has 1 fully saturated rings. The number of rotatable bonds is 7. The smallest absolute Gasteiger partial charge is 0.0601 e. The number of anilines is 4. The molecule has 1 saturated carbocycles. The summed E-state index contributed by atoms with van der Waals surface area (Å²) in [5, 5.41) is 0. The number of benzene rings is 6. The molecular formula is C52H44N2S. The zero-order chi connectivity index (χ0) is 36.8. The number of para-hydroxylation sites is 3. The molecule has 0 amide bonds. The van der Waals surface area contributed by atoms with Gasteiger partial charge in [0.2, 0.25) is 0 Å². The first-order valence-corrected chi connectivity index (χ1v) is 20.6. The Morgan fingerprint density at radius 3 is 1.96 bits per heavy atom. The molecule has 6 aromatic carbocycles. The number of nitrogens with zero attached hydrogens (tertiary/aromatic N) is 2. The molecule has 2 nitrogen and oxygen atoms in total. The third-order valence-electron chi connectivity index (χ3n) is 12.1. The van der Waals surface area contributed by atoms with Gasteiger partial charge >= 0.3 is 0 Å². The molecule has 10 rings (SSSR count). The van der Waals surface area contributed by atoms with Gasteiger partial charge < -0.3 is 9.80 Å². The lowest BCUT2D eigenvalue weighted by Crippen LogP contribution is -2.29. The SMILES string of the molecule is C=C/C(=C\C1=Cc2ccc(/C=C/c3ccc(-c4ccc(N5c6ccccc6Sc6ccccc65)cc4)cc3)cc2C12CCCC2)N1CCCc2ccccc21. The van der Waals surface area contributed by atoms with Crippen LogP contribution >= 0.6 is 11.8 Å². The van der Waals surface area contributed by atoms with E-state index < -0.39 is 0 Å². The summed E-state index contributed by atoms with van der Waals surface area (Å²) >= 11 is 1.84. The van der Waals surface area contributed by atoms with E-state index in [1.807, 2.05) is 11.8 Å². The standard InChI is InChI=1S/C52H44N2S/c1-2-44(53-33-11-13-41-12-3-4-14-47(41)53)36-43-35-42-26-23-38(34-46(42)52(43)31-9-10-32-52)20-19-37-21-24-39(25-22-37)40-27-29-45(30-28-40)54-48-15-5-7-17-50(48)55-51-18-8-6-16-49(51)54/h2-8,12,14-30,34-36H,1,9-11,13,31-33H2/b20-19+,44-36+. The first-order valence-electron chi connectivity index (χ1n) is 19.8. The van der Waals surface area contributed by atoms with Crippen LogP contribution in [0, 0.1) is 0 Å². The highest BCUT2D eigenvalue weighted by Gasteiger charge is 2.43. The van der Waals surface area contributed by atoms with Gasteiger partial charge in [-0.3, -0.25) is 0 Å². The van der Waals surface area contributed by atoms with Crippen molar-refractivity contribution in [1.82, 2.24) is 0 Å². The summed E-state index contributed by atoms with van der Waals surface area (Å²) in [6, 6.07) is 51.3. The van der Waals surface area contributed by atoms with Gasteiger partial charge in [0.25, 0.3) is 0 Å². The average Bonchev–Trinajstić information content (AvgIpc) is 3.86. The minimum absolute atomic E-state index is 0.0830. The summed E-state index contributed by atoms with van der Waals surface area (Å²) in [5.74, 6) is 0. The molecule has 268 valence electrons. The second-order valence-electron chi connectivity index (χ2n) is 15.3. The number of hydrogen-bond donors (Lipinski definition) is 0. The van der Waals surface area contributed by atoms with E-state index in [0.717, 1.165) is 13.0 Å². The Kier molecular flexibility index (Phi) is 8.68. The Bertz CT molecular complexity index is 2470. The normalized spacial score (nSPS) is 16.8. The van der Waals surface area contributed by atoms with Gasteiger partial charge in [-0.1, -0.05) is 146 Å². The van der Waals surface area contributed by atoms with Crippen LogP contribution in [0.1, 0.15) is 59.9 Å². The maximum Gasteiger partial charge on any atom is 0.0601 e. The fourth-order valence-electron chi connectivity index (χ4n) is 9.37. The van der Waals surface area contributed by atoms with Crippen LogP contribution in [0.3, 0.4) is 0 Å². The lowest BCUT2D eigenvalue weighted by Gasteiger charge is -2.34. The first-order chi connectivity index (χ1) is 27.2. The van der Waals surface area contributed by atoms with Crippen molar-refractivity contribution in [3.63, 3.8) is 0 Å². The topological polar surface area (TPSA) is 6.48 Å². The van der Waals surface area contributed by atoms with E-state index in [-0.39, 0.29) is 5.41 Å². The molecule has 0 saturated heterocycles. The molecule has 1 spiro atoms. The molecule has 0 N–H and O–H groups in total. The van der Waals surface area contributed by atoms with Crippen LogP contribution in [-0.4, -0.2) is 6.54 Å². The molecule has 6 aromatic rings. The Morgan fingerprint density at radius 1 is 0.636 bits per heavy atom. The van der Waals surface area contributed by atoms with Crippen molar-refractivity contribution in [3.8, 4) is 11.1 Å². The Balaban J connectivity index is 0.874. The third-order valence-corrected chi connectivity index (χ3v) is 13.2. The maximum atomic E-state index is 4.29. The summed E-state index contributed by atoms with van der Waals surface area (Å²) in [7, 11) is 0. The van der Waals surface area contributed by atoms with Crippen molar-refractivity contribution in [2.45, 2.75) is 53.7 Å². The van der Waals surface area contributed by atoms with E-state index in [1.54, 1.807) is 0 Å². The number of aryl methyl sites for hydroxylation is 1. The van der Waals surface area contributed by atoms with Crippen LogP contribution in [0.4, 0.5) is 22.7 Å². The lowest BCUT2D eigenvalue weighted by molar-refractivity contribution is 0.544. The van der Waals surface area contributed by atoms with Crippen LogP contribution in [0.25, 0.3) is 29.4 Å². The molecule has 2 aliphatic carbocycles. The van der Waals surface area contributed by atoms with E-state index in [9.17, 15) is 0 Å². The Hall–Kier alpha value is -5.77. The highest BCUT2D eigenvalue weighted by atomic mass is 32.2. The highest BCUT2D eigenvalue weighted by molar-refractivity contribution is 7.99. The molecule has 2 aliphatic heterocycles. The van der Waals surface area contributed by atoms with Crippen LogP contribution in [0.5, 0.6) is 0 Å². The highest BCUT2D eigenvalue weighted by Crippen LogP contribution is 2.54. The molecule has 4 aliphatic rings. The van der Waals surface area contributed by atoms with Crippen molar-refractivity contribution >= 4 is 52.7 Å². The maximum absolute atomic E-state index is 4.29. The first kappa shape index (κ1) is 33.8. The largest absolute Gasteiger partial charge is 0.341 e. The fraction of sp³-hybridized carbons (Fsp3) is 0.154. The van der Waals surface area contributed by atoms with Crippen LogP contribution < -0.4 is 9.80 Å². The molecule has 2 heterocycles. The van der Waals surface area contributed by atoms with Crippen LogP contribution in [0.2, 0.25) is 0 Å². The van der Waals surface area contributed by atoms with Gasteiger partial charge in [-0.05, 0) is 125 Å². The summed E-state index contributed by atoms with van der Waals surface area (Å²) in [6.07, 6.45) is 18.8. The predicted octanol–water partition coefficient (Wildman–Crippen LogP) is 14.2. The fourth-order valence-corrected chi connectivity index (χ4v) is 10.4. The molecule has 3 heteroatoms. The monoisotopic (exact) mass is 728 g/mol. The van der Waals surface area contributed by atoms with E-state index in [4.69, 9.17) is 0 Å². The molecule has 0 radical (unpaired) electrons. The molecule has 0 aromatic heterocycles. The zero-order valence-corrected chi connectivity index (χ0v) is 31.9. The molecule has 0 atom stereocenters.